The van der Waals surface area contributed by atoms with Crippen molar-refractivity contribution in [2.24, 2.45) is 0 Å². The molecule has 1 aliphatic heterocycles. The first-order valence-electron chi connectivity index (χ1n) is 12.4. The Morgan fingerprint density at radius 1 is 1.00 bits per heavy atom. The minimum atomic E-state index is -2.05. The fraction of sp³-hybridized carbons (Fsp3) is 0.345. The lowest BCUT2D eigenvalue weighted by molar-refractivity contribution is -0.253. The molecule has 1 heterocycles. The van der Waals surface area contributed by atoms with E-state index < -0.39 is 16.0 Å². The number of carbonyl (C=O) groups excluding carboxylic acids is 1. The van der Waals surface area contributed by atoms with Gasteiger partial charge in [0, 0.05) is 30.3 Å². The van der Waals surface area contributed by atoms with Gasteiger partial charge in [-0.1, -0.05) is 102 Å². The molecule has 1 saturated heterocycles. The average molecular weight is 578 g/mol. The number of carbonyl (C=O) groups is 1. The van der Waals surface area contributed by atoms with E-state index in [1.165, 1.54) is 5.56 Å². The molecule has 4 rings (SSSR count). The monoisotopic (exact) mass is 576 g/mol. The number of benzene rings is 3. The number of nitrogens with one attached hydrogen (secondary N) is 1. The third-order valence-corrected chi connectivity index (χ3v) is 7.26. The maximum absolute atomic E-state index is 12.0. The number of alkyl halides is 3. The zero-order chi connectivity index (χ0) is 27.3. The fourth-order valence-electron chi connectivity index (χ4n) is 4.42. The van der Waals surface area contributed by atoms with Gasteiger partial charge in [-0.2, -0.15) is 0 Å². The molecule has 1 fully saturated rings. The highest BCUT2D eigenvalue weighted by Gasteiger charge is 2.34. The number of rotatable bonds is 8. The van der Waals surface area contributed by atoms with E-state index in [9.17, 15) is 9.90 Å². The molecule has 3 aromatic carbocycles. The van der Waals surface area contributed by atoms with Gasteiger partial charge in [0.05, 0.1) is 18.8 Å². The third kappa shape index (κ3) is 7.48. The van der Waals surface area contributed by atoms with Crippen molar-refractivity contribution in [1.82, 2.24) is 4.90 Å². The predicted octanol–water partition coefficient (Wildman–Crippen LogP) is 6.73. The molecule has 3 aromatic rings. The van der Waals surface area contributed by atoms with Crippen LogP contribution in [0.1, 0.15) is 54.0 Å². The van der Waals surface area contributed by atoms with Crippen LogP contribution in [0, 0.1) is 0 Å². The summed E-state index contributed by atoms with van der Waals surface area (Å²) in [4.78, 5) is 14.3. The molecule has 0 radical (unpaired) electrons. The van der Waals surface area contributed by atoms with Crippen molar-refractivity contribution in [3.05, 3.63) is 101 Å². The van der Waals surface area contributed by atoms with Gasteiger partial charge in [-0.25, -0.2) is 0 Å². The fourth-order valence-corrected chi connectivity index (χ4v) is 4.57. The van der Waals surface area contributed by atoms with E-state index >= 15 is 0 Å². The van der Waals surface area contributed by atoms with E-state index in [1.54, 1.807) is 12.1 Å². The van der Waals surface area contributed by atoms with Gasteiger partial charge in [0.1, 0.15) is 0 Å². The van der Waals surface area contributed by atoms with E-state index in [2.05, 4.69) is 36.3 Å². The van der Waals surface area contributed by atoms with Crippen LogP contribution in [-0.4, -0.2) is 39.4 Å². The standard InChI is InChI=1S/C29H31Cl3N2O4/c1-19(21-6-4-3-5-7-21)34(2)17-25-16-26(22-10-8-20(18-35)9-11-22)38-27(37-25)23-12-14-24(15-13-23)33-28(36)29(30,31)32/h3-15,19,25-27,35H,16-18H2,1-2H3,(H,33,36). The molecule has 4 atom stereocenters. The van der Waals surface area contributed by atoms with Gasteiger partial charge < -0.3 is 19.9 Å². The van der Waals surface area contributed by atoms with E-state index in [-0.39, 0.29) is 24.9 Å². The second-order valence-corrected chi connectivity index (χ2v) is 11.7. The molecule has 9 heteroatoms. The summed E-state index contributed by atoms with van der Waals surface area (Å²) in [5.41, 5.74) is 4.40. The highest BCUT2D eigenvalue weighted by Crippen LogP contribution is 2.39. The van der Waals surface area contributed by atoms with Crippen LogP contribution < -0.4 is 5.32 Å². The first kappa shape index (κ1) is 28.8. The molecule has 1 amide bonds. The first-order chi connectivity index (χ1) is 18.1. The normalized spacial score (nSPS) is 20.8. The SMILES string of the molecule is CC(c1ccccc1)N(C)CC1CC(c2ccc(CO)cc2)OC(c2ccc(NC(=O)C(Cl)(Cl)Cl)cc2)O1. The molecule has 0 aromatic heterocycles. The van der Waals surface area contributed by atoms with Crippen molar-refractivity contribution in [1.29, 1.82) is 0 Å². The van der Waals surface area contributed by atoms with Gasteiger partial charge in [0.15, 0.2) is 6.29 Å². The van der Waals surface area contributed by atoms with Crippen LogP contribution >= 0.6 is 34.8 Å². The second kappa shape index (κ2) is 12.8. The Kier molecular flexibility index (Phi) is 9.71. The molecule has 0 aliphatic carbocycles. The summed E-state index contributed by atoms with van der Waals surface area (Å²) in [6, 6.07) is 25.4. The molecule has 4 unspecified atom stereocenters. The molecule has 1 aliphatic rings. The number of ether oxygens (including phenoxy) is 2. The largest absolute Gasteiger partial charge is 0.392 e. The Morgan fingerprint density at radius 2 is 1.63 bits per heavy atom. The van der Waals surface area contributed by atoms with E-state index in [4.69, 9.17) is 44.3 Å². The molecule has 6 nitrogen and oxygen atoms in total. The molecule has 0 bridgehead atoms. The number of likely N-dealkylation sites (N-methyl/N-ethyl adjacent to an activating group) is 1. The van der Waals surface area contributed by atoms with Crippen LogP contribution in [0.4, 0.5) is 5.69 Å². The lowest BCUT2D eigenvalue weighted by Gasteiger charge is -2.39. The van der Waals surface area contributed by atoms with E-state index in [1.807, 2.05) is 54.6 Å². The zero-order valence-corrected chi connectivity index (χ0v) is 23.5. The Hall–Kier alpha value is -2.16. The lowest BCUT2D eigenvalue weighted by atomic mass is 9.99. The topological polar surface area (TPSA) is 71.0 Å². The van der Waals surface area contributed by atoms with Gasteiger partial charge in [-0.15, -0.1) is 0 Å². The first-order valence-corrected chi connectivity index (χ1v) is 13.5. The minimum absolute atomic E-state index is 0.0104. The number of aliphatic hydroxyl groups excluding tert-OH is 1. The Bertz CT molecular complexity index is 1190. The Balaban J connectivity index is 1.52. The van der Waals surface area contributed by atoms with Gasteiger partial charge in [-0.3, -0.25) is 9.69 Å². The molecule has 0 spiro atoms. The van der Waals surface area contributed by atoms with Gasteiger partial charge in [-0.05, 0) is 42.8 Å². The van der Waals surface area contributed by atoms with E-state index in [0.29, 0.717) is 18.7 Å². The molecular weight excluding hydrogens is 547 g/mol. The van der Waals surface area contributed by atoms with Crippen LogP contribution in [0.15, 0.2) is 78.9 Å². The molecule has 202 valence electrons. The van der Waals surface area contributed by atoms with Gasteiger partial charge in [0.25, 0.3) is 9.70 Å². The van der Waals surface area contributed by atoms with E-state index in [0.717, 1.165) is 16.7 Å². The summed E-state index contributed by atoms with van der Waals surface area (Å²) in [6.45, 7) is 2.88. The van der Waals surface area contributed by atoms with Crippen molar-refractivity contribution < 1.29 is 19.4 Å². The van der Waals surface area contributed by atoms with Crippen LogP contribution in [0.2, 0.25) is 0 Å². The van der Waals surface area contributed by atoms with Crippen LogP contribution in [0.25, 0.3) is 0 Å². The van der Waals surface area contributed by atoms with Gasteiger partial charge in [0.2, 0.25) is 0 Å². The third-order valence-electron chi connectivity index (χ3n) is 6.75. The number of nitrogens with zero attached hydrogens (tertiary/aromatic N) is 1. The predicted molar refractivity (Wildman–Crippen MR) is 151 cm³/mol. The van der Waals surface area contributed by atoms with Gasteiger partial charge >= 0.3 is 0 Å². The number of hydrogen-bond donors (Lipinski definition) is 2. The summed E-state index contributed by atoms with van der Waals surface area (Å²) >= 11 is 17.0. The zero-order valence-electron chi connectivity index (χ0n) is 21.2. The quantitative estimate of drug-likeness (QED) is 0.291. The number of halogens is 3. The second-order valence-electron chi connectivity index (χ2n) is 9.45. The van der Waals surface area contributed by atoms with Crippen molar-refractivity contribution in [3.63, 3.8) is 0 Å². The number of hydrogen-bond acceptors (Lipinski definition) is 5. The highest BCUT2D eigenvalue weighted by molar-refractivity contribution is 6.76. The minimum Gasteiger partial charge on any atom is -0.392 e. The Labute approximate surface area is 238 Å². The Morgan fingerprint density at radius 3 is 2.24 bits per heavy atom. The molecular formula is C29H31Cl3N2O4. The van der Waals surface area contributed by atoms with Crippen LogP contribution in [-0.2, 0) is 20.9 Å². The van der Waals surface area contributed by atoms with Crippen LogP contribution in [0.3, 0.4) is 0 Å². The van der Waals surface area contributed by atoms with Crippen molar-refractivity contribution in [2.45, 2.75) is 48.3 Å². The molecule has 0 saturated carbocycles. The average Bonchev–Trinajstić information content (AvgIpc) is 2.93. The summed E-state index contributed by atoms with van der Waals surface area (Å²) in [6.07, 6.45) is -0.237. The smallest absolute Gasteiger partial charge is 0.276 e. The number of amides is 1. The highest BCUT2D eigenvalue weighted by atomic mass is 35.6. The summed E-state index contributed by atoms with van der Waals surface area (Å²) in [7, 11) is 2.10. The lowest BCUT2D eigenvalue weighted by Crippen LogP contribution is -2.38. The summed E-state index contributed by atoms with van der Waals surface area (Å²) in [5, 5.41) is 12.0. The van der Waals surface area contributed by atoms with Crippen LogP contribution in [0.5, 0.6) is 0 Å². The number of aliphatic hydroxyl groups is 1. The number of anilines is 1. The van der Waals surface area contributed by atoms with Crippen molar-refractivity contribution in [2.75, 3.05) is 18.9 Å². The maximum Gasteiger partial charge on any atom is 0.276 e. The molecule has 38 heavy (non-hydrogen) atoms. The van der Waals surface area contributed by atoms with Crippen molar-refractivity contribution in [3.8, 4) is 0 Å². The van der Waals surface area contributed by atoms with Crippen molar-refractivity contribution >= 4 is 46.4 Å². The summed E-state index contributed by atoms with van der Waals surface area (Å²) in [5.74, 6) is -0.734. The summed E-state index contributed by atoms with van der Waals surface area (Å²) < 4.78 is 10.8. The molecule has 2 N–H and O–H groups in total. The maximum atomic E-state index is 12.0.